The van der Waals surface area contributed by atoms with Gasteiger partial charge in [-0.05, 0) is 53.8 Å². The highest BCUT2D eigenvalue weighted by molar-refractivity contribution is 14.1. The second-order valence-corrected chi connectivity index (χ2v) is 6.64. The Morgan fingerprint density at radius 1 is 1.35 bits per heavy atom. The van der Waals surface area contributed by atoms with Crippen LogP contribution >= 0.6 is 33.9 Å². The molecule has 23 heavy (non-hydrogen) atoms. The molecule has 1 aromatic heterocycles. The van der Waals surface area contributed by atoms with Gasteiger partial charge in [0.05, 0.1) is 22.7 Å². The number of rotatable bonds is 5. The van der Waals surface area contributed by atoms with Gasteiger partial charge in [0.25, 0.3) is 11.6 Å². The number of esters is 1. The lowest BCUT2D eigenvalue weighted by atomic mass is 10.1. The van der Waals surface area contributed by atoms with Crippen molar-refractivity contribution in [2.24, 2.45) is 0 Å². The fourth-order valence-corrected chi connectivity index (χ4v) is 3.02. The number of hydrogen-bond donors (Lipinski definition) is 3. The van der Waals surface area contributed by atoms with Crippen LogP contribution < -0.4 is 16.5 Å². The quantitative estimate of drug-likeness (QED) is 0.367. The summed E-state index contributed by atoms with van der Waals surface area (Å²) in [5, 5.41) is 10.4. The van der Waals surface area contributed by atoms with Gasteiger partial charge in [0.2, 0.25) is 0 Å². The molecule has 0 unspecified atom stereocenters. The van der Waals surface area contributed by atoms with Gasteiger partial charge in [-0.1, -0.05) is 0 Å². The van der Waals surface area contributed by atoms with Crippen molar-refractivity contribution in [1.29, 1.82) is 0 Å². The molecule has 5 N–H and O–H groups in total. The lowest BCUT2D eigenvalue weighted by molar-refractivity contribution is -0.151. The summed E-state index contributed by atoms with van der Waals surface area (Å²) in [4.78, 5) is 24.2. The van der Waals surface area contributed by atoms with Crippen molar-refractivity contribution in [3.63, 3.8) is 0 Å². The molecule has 0 radical (unpaired) electrons. The van der Waals surface area contributed by atoms with Crippen molar-refractivity contribution < 1.29 is 19.7 Å². The van der Waals surface area contributed by atoms with E-state index in [1.165, 1.54) is 0 Å². The molecule has 1 aromatic carbocycles. The average Bonchev–Trinajstić information content (AvgIpc) is 2.90. The van der Waals surface area contributed by atoms with Crippen molar-refractivity contribution in [2.45, 2.75) is 6.92 Å². The molecule has 1 amide bonds. The van der Waals surface area contributed by atoms with Crippen LogP contribution in [0.5, 0.6) is 0 Å². The van der Waals surface area contributed by atoms with Crippen LogP contribution in [0, 0.1) is 3.57 Å². The summed E-state index contributed by atoms with van der Waals surface area (Å²) < 4.78 is 5.92. The minimum Gasteiger partial charge on any atom is -0.458 e. The molecule has 0 aliphatic carbocycles. The number of halogens is 1. The molecule has 2 rings (SSSR count). The van der Waals surface area contributed by atoms with Gasteiger partial charge in [-0.2, -0.15) is 0 Å². The summed E-state index contributed by atoms with van der Waals surface area (Å²) in [5.41, 5.74) is 6.83. The molecule has 0 aliphatic heterocycles. The largest absolute Gasteiger partial charge is 0.458 e. The smallest absolute Gasteiger partial charge is 0.403 e. The Labute approximate surface area is 150 Å². The molecule has 2 aromatic rings. The molecule has 0 bridgehead atoms. The first kappa shape index (κ1) is 17.4. The third-order valence-electron chi connectivity index (χ3n) is 2.93. The van der Waals surface area contributed by atoms with Crippen LogP contribution in [0.1, 0.15) is 22.8 Å². The van der Waals surface area contributed by atoms with Crippen LogP contribution in [-0.2, 0) is 9.53 Å². The van der Waals surface area contributed by atoms with E-state index in [2.05, 4.69) is 27.9 Å². The van der Waals surface area contributed by atoms with Crippen LogP contribution in [0.2, 0.25) is 0 Å². The van der Waals surface area contributed by atoms with E-state index in [4.69, 9.17) is 15.9 Å². The minimum atomic E-state index is -0.673. The topological polar surface area (TPSA) is 107 Å². The Hall–Kier alpha value is -1.94. The van der Waals surface area contributed by atoms with Gasteiger partial charge in [-0.3, -0.25) is 4.79 Å². The molecule has 8 heteroatoms. The molecule has 0 saturated heterocycles. The highest BCUT2D eigenvalue weighted by Crippen LogP contribution is 2.26. The Morgan fingerprint density at radius 3 is 2.61 bits per heavy atom. The van der Waals surface area contributed by atoms with Gasteiger partial charge < -0.3 is 15.8 Å². The van der Waals surface area contributed by atoms with Crippen molar-refractivity contribution in [3.8, 4) is 0 Å². The Bertz CT molecular complexity index is 756. The molecule has 120 valence electrons. The predicted octanol–water partition coefficient (Wildman–Crippen LogP) is 1.30. The number of thiophene rings is 1. The highest BCUT2D eigenvalue weighted by Gasteiger charge is 2.28. The monoisotopic (exact) mass is 444 g/mol. The van der Waals surface area contributed by atoms with Crippen LogP contribution in [0.4, 0.5) is 10.7 Å². The zero-order valence-electron chi connectivity index (χ0n) is 12.3. The van der Waals surface area contributed by atoms with Gasteiger partial charge in [0.1, 0.15) is 0 Å². The van der Waals surface area contributed by atoms with Crippen molar-refractivity contribution in [3.05, 3.63) is 44.3 Å². The van der Waals surface area contributed by atoms with Crippen LogP contribution in [0.3, 0.4) is 0 Å². The van der Waals surface area contributed by atoms with Crippen LogP contribution in [-0.4, -0.2) is 24.2 Å². The van der Waals surface area contributed by atoms with Gasteiger partial charge in [-0.15, -0.1) is 11.3 Å². The second-order valence-electron chi connectivity index (χ2n) is 4.48. The maximum atomic E-state index is 12.5. The zero-order valence-corrected chi connectivity index (χ0v) is 15.2. The Morgan fingerprint density at radius 2 is 2.00 bits per heavy atom. The lowest BCUT2D eigenvalue weighted by Gasteiger charge is -2.07. The predicted molar refractivity (Wildman–Crippen MR) is 98.5 cm³/mol. The Balaban J connectivity index is 2.26. The summed E-state index contributed by atoms with van der Waals surface area (Å²) >= 11 is 3.32. The highest BCUT2D eigenvalue weighted by atomic mass is 127. The van der Waals surface area contributed by atoms with E-state index >= 15 is 0 Å². The second kappa shape index (κ2) is 7.55. The minimum absolute atomic E-state index is 0.132. The van der Waals surface area contributed by atoms with Crippen molar-refractivity contribution in [2.75, 3.05) is 17.7 Å². The normalized spacial score (nSPS) is 10.2. The molecule has 0 fully saturated rings. The lowest BCUT2D eigenvalue weighted by Crippen LogP contribution is -2.47. The van der Waals surface area contributed by atoms with E-state index in [9.17, 15) is 9.59 Å². The third kappa shape index (κ3) is 4.08. The van der Waals surface area contributed by atoms with Crippen molar-refractivity contribution >= 4 is 62.2 Å². The number of carbonyl (C=O) groups excluding carboxylic acids is 2. The van der Waals surface area contributed by atoms with E-state index < -0.39 is 11.9 Å². The first-order valence-corrected chi connectivity index (χ1v) is 8.63. The SMILES string of the molecule is CCOC(=O)C(=[NH2+])c1csc(N)c1C(=O)Nc1ccc(I)cc1. The van der Waals surface area contributed by atoms with E-state index in [1.54, 1.807) is 24.4 Å². The summed E-state index contributed by atoms with van der Waals surface area (Å²) in [6, 6.07) is 7.29. The number of ether oxygens (including phenoxy) is 1. The fourth-order valence-electron chi connectivity index (χ4n) is 1.85. The van der Waals surface area contributed by atoms with Gasteiger partial charge in [-0.25, -0.2) is 10.2 Å². The summed E-state index contributed by atoms with van der Waals surface area (Å²) in [7, 11) is 0. The molecule has 0 aliphatic rings. The molecule has 1 heterocycles. The first-order valence-electron chi connectivity index (χ1n) is 6.67. The molecule has 0 atom stereocenters. The molecule has 6 nitrogen and oxygen atoms in total. The van der Waals surface area contributed by atoms with Gasteiger partial charge in [0.15, 0.2) is 0 Å². The van der Waals surface area contributed by atoms with Crippen molar-refractivity contribution in [1.82, 2.24) is 0 Å². The fraction of sp³-hybridized carbons (Fsp3) is 0.133. The van der Waals surface area contributed by atoms with Gasteiger partial charge in [0, 0.05) is 14.6 Å². The molecular weight excluding hydrogens is 429 g/mol. The third-order valence-corrected chi connectivity index (χ3v) is 4.46. The molecule has 0 saturated carbocycles. The van der Waals surface area contributed by atoms with E-state index in [-0.39, 0.29) is 28.4 Å². The standard InChI is InChI=1S/C15H14IN3O3S/c1-2-22-15(21)12(17)10-7-23-13(18)11(10)14(20)19-9-5-3-8(16)4-6-9/h3-7,17H,2,18H2,1H3,(H,19,20)/p+1. The van der Waals surface area contributed by atoms with E-state index in [1.807, 2.05) is 12.1 Å². The number of carbonyl (C=O) groups is 2. The average molecular weight is 444 g/mol. The maximum Gasteiger partial charge on any atom is 0.403 e. The number of benzene rings is 1. The molecular formula is C15H15IN3O3S+. The summed E-state index contributed by atoms with van der Waals surface area (Å²) in [6.07, 6.45) is 0. The van der Waals surface area contributed by atoms with E-state index in [0.717, 1.165) is 14.9 Å². The van der Waals surface area contributed by atoms with Crippen LogP contribution in [0.25, 0.3) is 0 Å². The number of nitrogens with one attached hydrogen (secondary N) is 1. The Kier molecular flexibility index (Phi) is 5.72. The number of nitrogens with two attached hydrogens (primary N) is 2. The number of hydrogen-bond acceptors (Lipinski definition) is 5. The number of nitrogen functional groups attached to an aromatic ring is 1. The summed E-state index contributed by atoms with van der Waals surface area (Å²) in [6.45, 7) is 1.88. The number of amides is 1. The maximum absolute atomic E-state index is 12.5. The first-order chi connectivity index (χ1) is 10.9. The summed E-state index contributed by atoms with van der Waals surface area (Å²) in [5.74, 6) is -1.10. The number of anilines is 2. The van der Waals surface area contributed by atoms with Crippen LogP contribution in [0.15, 0.2) is 29.6 Å². The molecule has 0 spiro atoms. The van der Waals surface area contributed by atoms with E-state index in [0.29, 0.717) is 5.69 Å². The zero-order chi connectivity index (χ0) is 17.0. The van der Waals surface area contributed by atoms with Gasteiger partial charge >= 0.3 is 5.97 Å².